The summed E-state index contributed by atoms with van der Waals surface area (Å²) in [5.41, 5.74) is 3.85. The minimum atomic E-state index is 0.655. The number of hydrogen-bond acceptors (Lipinski definition) is 4. The average molecular weight is 257 g/mol. The van der Waals surface area contributed by atoms with Crippen molar-refractivity contribution in [3.8, 4) is 11.5 Å². The second kappa shape index (κ2) is 6.89. The van der Waals surface area contributed by atoms with Crippen LogP contribution < -0.4 is 16.0 Å². The zero-order valence-electron chi connectivity index (χ0n) is 11.0. The van der Waals surface area contributed by atoms with Gasteiger partial charge in [-0.2, -0.15) is 0 Å². The lowest BCUT2D eigenvalue weighted by Gasteiger charge is -2.15. The Morgan fingerprint density at radius 2 is 1.63 bits per heavy atom. The molecule has 0 unspecified atom stereocenters. The summed E-state index contributed by atoms with van der Waals surface area (Å²) in [6, 6.07) is 17.8. The predicted octanol–water partition coefficient (Wildman–Crippen LogP) is 2.33. The van der Waals surface area contributed by atoms with Crippen LogP contribution in [0.3, 0.4) is 0 Å². The first kappa shape index (κ1) is 13.5. The molecule has 0 amide bonds. The van der Waals surface area contributed by atoms with Gasteiger partial charge in [0.25, 0.3) is 0 Å². The fourth-order valence-electron chi connectivity index (χ4n) is 1.81. The van der Waals surface area contributed by atoms with Crippen molar-refractivity contribution in [2.45, 2.75) is 6.54 Å². The van der Waals surface area contributed by atoms with Crippen molar-refractivity contribution in [1.29, 1.82) is 0 Å². The number of hydrazine groups is 1. The van der Waals surface area contributed by atoms with Crippen LogP contribution >= 0.6 is 0 Å². The van der Waals surface area contributed by atoms with Gasteiger partial charge in [-0.1, -0.05) is 30.3 Å². The van der Waals surface area contributed by atoms with Crippen molar-refractivity contribution in [1.82, 2.24) is 10.3 Å². The number of benzene rings is 2. The van der Waals surface area contributed by atoms with E-state index in [1.54, 1.807) is 0 Å². The Bertz CT molecular complexity index is 485. The molecular formula is C15H19N3O. The van der Waals surface area contributed by atoms with E-state index in [0.717, 1.165) is 18.0 Å². The standard InChI is InChI=1S/C15H19N3O/c1-18(12-17-16)11-13-7-9-15(10-8-13)19-14-5-3-2-4-6-14/h2-10,17H,11-12,16H2,1H3. The first-order chi connectivity index (χ1) is 9.28. The molecule has 2 aromatic carbocycles. The lowest BCUT2D eigenvalue weighted by Crippen LogP contribution is -2.34. The van der Waals surface area contributed by atoms with Crippen LogP contribution in [-0.2, 0) is 6.54 Å². The molecule has 2 aromatic rings. The van der Waals surface area contributed by atoms with Crippen LogP contribution in [0.5, 0.6) is 11.5 Å². The maximum absolute atomic E-state index is 5.74. The molecule has 0 fully saturated rings. The molecule has 0 atom stereocenters. The summed E-state index contributed by atoms with van der Waals surface area (Å²) in [4.78, 5) is 2.09. The molecule has 19 heavy (non-hydrogen) atoms. The van der Waals surface area contributed by atoms with Crippen LogP contribution in [-0.4, -0.2) is 18.6 Å². The summed E-state index contributed by atoms with van der Waals surface area (Å²) in [6.07, 6.45) is 0. The summed E-state index contributed by atoms with van der Waals surface area (Å²) < 4.78 is 5.74. The first-order valence-electron chi connectivity index (χ1n) is 6.22. The molecule has 100 valence electrons. The molecule has 0 heterocycles. The highest BCUT2D eigenvalue weighted by Gasteiger charge is 2.00. The maximum Gasteiger partial charge on any atom is 0.127 e. The molecule has 3 N–H and O–H groups in total. The number of nitrogens with zero attached hydrogens (tertiary/aromatic N) is 1. The van der Waals surface area contributed by atoms with E-state index in [4.69, 9.17) is 10.6 Å². The molecule has 4 heteroatoms. The van der Waals surface area contributed by atoms with Crippen molar-refractivity contribution in [3.63, 3.8) is 0 Å². The van der Waals surface area contributed by atoms with Gasteiger partial charge >= 0.3 is 0 Å². The minimum Gasteiger partial charge on any atom is -0.457 e. The monoisotopic (exact) mass is 257 g/mol. The van der Waals surface area contributed by atoms with Crippen molar-refractivity contribution in [2.75, 3.05) is 13.7 Å². The Hall–Kier alpha value is -1.88. The fraction of sp³-hybridized carbons (Fsp3) is 0.200. The number of para-hydroxylation sites is 1. The molecule has 0 aliphatic heterocycles. The van der Waals surface area contributed by atoms with Gasteiger partial charge < -0.3 is 4.74 Å². The van der Waals surface area contributed by atoms with E-state index >= 15 is 0 Å². The highest BCUT2D eigenvalue weighted by Crippen LogP contribution is 2.21. The largest absolute Gasteiger partial charge is 0.457 e. The summed E-state index contributed by atoms with van der Waals surface area (Å²) >= 11 is 0. The normalized spacial score (nSPS) is 10.7. The lowest BCUT2D eigenvalue weighted by atomic mass is 10.2. The smallest absolute Gasteiger partial charge is 0.127 e. The predicted molar refractivity (Wildman–Crippen MR) is 76.6 cm³/mol. The van der Waals surface area contributed by atoms with Crippen LogP contribution in [0.2, 0.25) is 0 Å². The molecule has 0 radical (unpaired) electrons. The van der Waals surface area contributed by atoms with E-state index in [-0.39, 0.29) is 0 Å². The second-order valence-electron chi connectivity index (χ2n) is 4.44. The van der Waals surface area contributed by atoms with Crippen molar-refractivity contribution in [2.24, 2.45) is 5.84 Å². The number of hydrogen-bond donors (Lipinski definition) is 2. The molecule has 0 bridgehead atoms. The van der Waals surface area contributed by atoms with Crippen LogP contribution in [0, 0.1) is 0 Å². The van der Waals surface area contributed by atoms with Crippen molar-refractivity contribution < 1.29 is 4.74 Å². The Labute approximate surface area is 113 Å². The number of nitrogens with one attached hydrogen (secondary N) is 1. The van der Waals surface area contributed by atoms with Gasteiger partial charge in [0.05, 0.1) is 6.67 Å². The third-order valence-electron chi connectivity index (χ3n) is 2.72. The third kappa shape index (κ3) is 4.37. The summed E-state index contributed by atoms with van der Waals surface area (Å²) in [6.45, 7) is 1.50. The minimum absolute atomic E-state index is 0.655. The zero-order chi connectivity index (χ0) is 13.5. The quantitative estimate of drug-likeness (QED) is 0.474. The molecule has 0 aliphatic rings. The van der Waals surface area contributed by atoms with Crippen LogP contribution in [0.1, 0.15) is 5.56 Å². The Morgan fingerprint density at radius 3 is 2.26 bits per heavy atom. The number of nitrogens with two attached hydrogens (primary N) is 1. The highest BCUT2D eigenvalue weighted by atomic mass is 16.5. The Kier molecular flexibility index (Phi) is 4.92. The summed E-state index contributed by atoms with van der Waals surface area (Å²) in [5.74, 6) is 6.97. The van der Waals surface area contributed by atoms with Gasteiger partial charge in [0.1, 0.15) is 11.5 Å². The van der Waals surface area contributed by atoms with Gasteiger partial charge in [0.2, 0.25) is 0 Å². The van der Waals surface area contributed by atoms with Crippen LogP contribution in [0.15, 0.2) is 54.6 Å². The molecule has 0 saturated carbocycles. The van der Waals surface area contributed by atoms with Crippen LogP contribution in [0.25, 0.3) is 0 Å². The van der Waals surface area contributed by atoms with Gasteiger partial charge in [-0.05, 0) is 36.9 Å². The third-order valence-corrected chi connectivity index (χ3v) is 2.72. The Balaban J connectivity index is 1.95. The molecule has 0 saturated heterocycles. The maximum atomic E-state index is 5.74. The average Bonchev–Trinajstić information content (AvgIpc) is 2.42. The molecule has 0 spiro atoms. The van der Waals surface area contributed by atoms with E-state index in [1.807, 2.05) is 49.5 Å². The number of rotatable bonds is 6. The van der Waals surface area contributed by atoms with Gasteiger partial charge in [-0.3, -0.25) is 10.7 Å². The van der Waals surface area contributed by atoms with E-state index in [1.165, 1.54) is 5.56 Å². The van der Waals surface area contributed by atoms with Crippen molar-refractivity contribution in [3.05, 3.63) is 60.2 Å². The molecule has 0 aliphatic carbocycles. The Morgan fingerprint density at radius 1 is 1.00 bits per heavy atom. The van der Waals surface area contributed by atoms with Crippen molar-refractivity contribution >= 4 is 0 Å². The second-order valence-corrected chi connectivity index (χ2v) is 4.44. The fourth-order valence-corrected chi connectivity index (χ4v) is 1.81. The molecular weight excluding hydrogens is 238 g/mol. The van der Waals surface area contributed by atoms with E-state index in [0.29, 0.717) is 6.67 Å². The SMILES string of the molecule is CN(CNN)Cc1ccc(Oc2ccccc2)cc1. The molecule has 0 aromatic heterocycles. The van der Waals surface area contributed by atoms with Gasteiger partial charge in [0.15, 0.2) is 0 Å². The lowest BCUT2D eigenvalue weighted by molar-refractivity contribution is 0.301. The highest BCUT2D eigenvalue weighted by molar-refractivity contribution is 5.32. The van der Waals surface area contributed by atoms with E-state index < -0.39 is 0 Å². The topological polar surface area (TPSA) is 50.5 Å². The van der Waals surface area contributed by atoms with Gasteiger partial charge in [-0.25, -0.2) is 5.43 Å². The van der Waals surface area contributed by atoms with Gasteiger partial charge in [0, 0.05) is 6.54 Å². The zero-order valence-corrected chi connectivity index (χ0v) is 11.0. The van der Waals surface area contributed by atoms with Gasteiger partial charge in [-0.15, -0.1) is 0 Å². The summed E-state index contributed by atoms with van der Waals surface area (Å²) in [5, 5.41) is 0. The summed E-state index contributed by atoms with van der Waals surface area (Å²) in [7, 11) is 2.01. The van der Waals surface area contributed by atoms with E-state index in [2.05, 4.69) is 22.5 Å². The van der Waals surface area contributed by atoms with E-state index in [9.17, 15) is 0 Å². The molecule has 4 nitrogen and oxygen atoms in total. The molecule has 2 rings (SSSR count). The number of ether oxygens (including phenoxy) is 1. The van der Waals surface area contributed by atoms with Crippen LogP contribution in [0.4, 0.5) is 0 Å². The first-order valence-corrected chi connectivity index (χ1v) is 6.22.